The zero-order valence-corrected chi connectivity index (χ0v) is 13.7. The normalized spacial score (nSPS) is 26.0. The average Bonchev–Trinajstić information content (AvgIpc) is 3.09. The van der Waals surface area contributed by atoms with Crippen LogP contribution in [0.1, 0.15) is 31.2 Å². The van der Waals surface area contributed by atoms with Gasteiger partial charge in [-0.15, -0.1) is 0 Å². The zero-order valence-electron chi connectivity index (χ0n) is 12.8. The van der Waals surface area contributed by atoms with Crippen molar-refractivity contribution in [3.05, 3.63) is 35.9 Å². The van der Waals surface area contributed by atoms with Crippen molar-refractivity contribution < 1.29 is 5.11 Å². The Kier molecular flexibility index (Phi) is 5.25. The van der Waals surface area contributed by atoms with Crippen molar-refractivity contribution in [2.45, 2.75) is 38.1 Å². The van der Waals surface area contributed by atoms with Crippen molar-refractivity contribution in [1.82, 2.24) is 4.90 Å². The Morgan fingerprint density at radius 3 is 2.57 bits per heavy atom. The van der Waals surface area contributed by atoms with Gasteiger partial charge in [0, 0.05) is 18.4 Å². The number of rotatable bonds is 5. The van der Waals surface area contributed by atoms with Crippen LogP contribution in [0.5, 0.6) is 0 Å². The van der Waals surface area contributed by atoms with E-state index in [2.05, 4.69) is 47.0 Å². The first-order chi connectivity index (χ1) is 10.3. The summed E-state index contributed by atoms with van der Waals surface area (Å²) in [5.74, 6) is 2.65. The zero-order chi connectivity index (χ0) is 14.5. The van der Waals surface area contributed by atoms with E-state index in [9.17, 15) is 5.11 Å². The summed E-state index contributed by atoms with van der Waals surface area (Å²) in [6.07, 6.45) is 5.91. The molecule has 1 aromatic carbocycles. The van der Waals surface area contributed by atoms with Gasteiger partial charge in [-0.2, -0.15) is 11.8 Å². The topological polar surface area (TPSA) is 23.5 Å². The number of hydrogen-bond acceptors (Lipinski definition) is 3. The molecule has 0 aromatic heterocycles. The quantitative estimate of drug-likeness (QED) is 0.903. The summed E-state index contributed by atoms with van der Waals surface area (Å²) in [5.41, 5.74) is 1.57. The van der Waals surface area contributed by atoms with Crippen LogP contribution in [0.3, 0.4) is 0 Å². The molecule has 116 valence electrons. The lowest BCUT2D eigenvalue weighted by atomic mass is 9.74. The number of hydrogen-bond donors (Lipinski definition) is 1. The van der Waals surface area contributed by atoms with Crippen LogP contribution in [0.4, 0.5) is 0 Å². The highest BCUT2D eigenvalue weighted by molar-refractivity contribution is 7.99. The summed E-state index contributed by atoms with van der Waals surface area (Å²) in [7, 11) is 0. The van der Waals surface area contributed by atoms with E-state index in [0.717, 1.165) is 31.7 Å². The van der Waals surface area contributed by atoms with Crippen LogP contribution >= 0.6 is 11.8 Å². The average molecular weight is 305 g/mol. The summed E-state index contributed by atoms with van der Waals surface area (Å²) >= 11 is 2.10. The van der Waals surface area contributed by atoms with Gasteiger partial charge in [-0.25, -0.2) is 0 Å². The van der Waals surface area contributed by atoms with Crippen LogP contribution in [0.2, 0.25) is 0 Å². The molecule has 0 amide bonds. The highest BCUT2D eigenvalue weighted by Crippen LogP contribution is 2.37. The second kappa shape index (κ2) is 7.17. The van der Waals surface area contributed by atoms with Crippen molar-refractivity contribution in [3.8, 4) is 0 Å². The molecule has 3 rings (SSSR count). The maximum absolute atomic E-state index is 9.95. The lowest BCUT2D eigenvalue weighted by Crippen LogP contribution is -2.46. The summed E-state index contributed by atoms with van der Waals surface area (Å²) < 4.78 is 0. The smallest absolute Gasteiger partial charge is 0.0488 e. The number of nitrogens with zero attached hydrogens (tertiary/aromatic N) is 1. The van der Waals surface area contributed by atoms with E-state index >= 15 is 0 Å². The van der Waals surface area contributed by atoms with Crippen molar-refractivity contribution in [2.75, 3.05) is 31.2 Å². The van der Waals surface area contributed by atoms with Gasteiger partial charge in [-0.3, -0.25) is 4.90 Å². The standard InChI is InChI=1S/C18H27NOS/c20-15-18(8-6-16-4-2-1-3-5-16)9-11-19(12-10-18)17-7-13-21-14-17/h1-5,17,20H,6-15H2. The highest BCUT2D eigenvalue weighted by atomic mass is 32.2. The van der Waals surface area contributed by atoms with E-state index in [1.807, 2.05) is 0 Å². The first-order valence-electron chi connectivity index (χ1n) is 8.28. The van der Waals surface area contributed by atoms with Gasteiger partial charge in [-0.1, -0.05) is 30.3 Å². The van der Waals surface area contributed by atoms with Gasteiger partial charge in [0.15, 0.2) is 0 Å². The van der Waals surface area contributed by atoms with Gasteiger partial charge < -0.3 is 5.11 Å². The highest BCUT2D eigenvalue weighted by Gasteiger charge is 2.36. The van der Waals surface area contributed by atoms with Crippen LogP contribution in [0.25, 0.3) is 0 Å². The Morgan fingerprint density at radius 2 is 1.95 bits per heavy atom. The Hall–Kier alpha value is -0.510. The molecule has 2 aliphatic rings. The van der Waals surface area contributed by atoms with Crippen molar-refractivity contribution in [3.63, 3.8) is 0 Å². The molecule has 1 atom stereocenters. The largest absolute Gasteiger partial charge is 0.396 e. The van der Waals surface area contributed by atoms with E-state index in [1.54, 1.807) is 0 Å². The van der Waals surface area contributed by atoms with Crippen molar-refractivity contribution in [2.24, 2.45) is 5.41 Å². The molecule has 2 fully saturated rings. The second-order valence-electron chi connectivity index (χ2n) is 6.70. The number of aryl methyl sites for hydroxylation is 1. The van der Waals surface area contributed by atoms with Crippen LogP contribution in [-0.4, -0.2) is 47.3 Å². The lowest BCUT2D eigenvalue weighted by molar-refractivity contribution is 0.0253. The molecule has 0 spiro atoms. The molecule has 0 saturated carbocycles. The molecule has 2 aliphatic heterocycles. The van der Waals surface area contributed by atoms with Crippen molar-refractivity contribution >= 4 is 11.8 Å². The molecule has 0 radical (unpaired) electrons. The van der Waals surface area contributed by atoms with Crippen molar-refractivity contribution in [1.29, 1.82) is 0 Å². The maximum atomic E-state index is 9.95. The fourth-order valence-corrected chi connectivity index (χ4v) is 4.97. The first kappa shape index (κ1) is 15.4. The maximum Gasteiger partial charge on any atom is 0.0488 e. The van der Waals surface area contributed by atoms with Gasteiger partial charge in [0.2, 0.25) is 0 Å². The summed E-state index contributed by atoms with van der Waals surface area (Å²) in [6.45, 7) is 2.72. The van der Waals surface area contributed by atoms with Crippen LogP contribution in [0, 0.1) is 5.41 Å². The third-order valence-corrected chi connectivity index (χ3v) is 6.55. The molecule has 2 heterocycles. The molecule has 1 N–H and O–H groups in total. The number of likely N-dealkylation sites (tertiary alicyclic amines) is 1. The molecular weight excluding hydrogens is 278 g/mol. The Bertz CT molecular complexity index is 422. The molecule has 0 bridgehead atoms. The van der Waals surface area contributed by atoms with Gasteiger partial charge in [-0.05, 0) is 61.9 Å². The Labute approximate surface area is 132 Å². The van der Waals surface area contributed by atoms with Crippen LogP contribution in [0.15, 0.2) is 30.3 Å². The number of benzene rings is 1. The van der Waals surface area contributed by atoms with Crippen LogP contribution in [-0.2, 0) is 6.42 Å². The van der Waals surface area contributed by atoms with Gasteiger partial charge in [0.05, 0.1) is 0 Å². The predicted octanol–water partition coefficient (Wildman–Crippen LogP) is 3.20. The molecule has 1 aromatic rings. The van der Waals surface area contributed by atoms with E-state index in [0.29, 0.717) is 6.61 Å². The molecule has 21 heavy (non-hydrogen) atoms. The summed E-state index contributed by atoms with van der Waals surface area (Å²) in [5, 5.41) is 9.95. The number of aliphatic hydroxyl groups is 1. The van der Waals surface area contributed by atoms with Crippen LogP contribution < -0.4 is 0 Å². The number of aliphatic hydroxyl groups excluding tert-OH is 1. The summed E-state index contributed by atoms with van der Waals surface area (Å²) in [4.78, 5) is 2.68. The third kappa shape index (κ3) is 3.82. The molecule has 2 nitrogen and oxygen atoms in total. The molecule has 0 aliphatic carbocycles. The van der Waals surface area contributed by atoms with Gasteiger partial charge >= 0.3 is 0 Å². The fourth-order valence-electron chi connectivity index (χ4n) is 3.71. The Morgan fingerprint density at radius 1 is 1.19 bits per heavy atom. The second-order valence-corrected chi connectivity index (χ2v) is 7.85. The minimum Gasteiger partial charge on any atom is -0.396 e. The Balaban J connectivity index is 1.53. The SMILES string of the molecule is OCC1(CCc2ccccc2)CCN(C2CCSC2)CC1. The molecule has 2 saturated heterocycles. The van der Waals surface area contributed by atoms with Gasteiger partial charge in [0.25, 0.3) is 0 Å². The minimum absolute atomic E-state index is 0.165. The predicted molar refractivity (Wildman–Crippen MR) is 90.8 cm³/mol. The summed E-state index contributed by atoms with van der Waals surface area (Å²) in [6, 6.07) is 11.5. The molecular formula is C18H27NOS. The van der Waals surface area contributed by atoms with E-state index in [4.69, 9.17) is 0 Å². The van der Waals surface area contributed by atoms with E-state index < -0.39 is 0 Å². The first-order valence-corrected chi connectivity index (χ1v) is 9.43. The molecule has 3 heteroatoms. The van der Waals surface area contributed by atoms with E-state index in [1.165, 1.54) is 36.6 Å². The third-order valence-electron chi connectivity index (χ3n) is 5.40. The minimum atomic E-state index is 0.165. The lowest BCUT2D eigenvalue weighted by Gasteiger charge is -2.43. The monoisotopic (exact) mass is 305 g/mol. The van der Waals surface area contributed by atoms with E-state index in [-0.39, 0.29) is 5.41 Å². The molecule has 1 unspecified atom stereocenters. The number of piperidine rings is 1. The van der Waals surface area contributed by atoms with Gasteiger partial charge in [0.1, 0.15) is 0 Å². The fraction of sp³-hybridized carbons (Fsp3) is 0.667. The number of thioether (sulfide) groups is 1.